The molecule has 2 N–H and O–H groups in total. The van der Waals surface area contributed by atoms with Gasteiger partial charge in [0.25, 0.3) is 0 Å². The first-order valence-corrected chi connectivity index (χ1v) is 5.05. The maximum atomic E-state index is 11.1. The SMILES string of the molecule is Cn1ccc(CCNCC(=O)NCC#N)n1. The summed E-state index contributed by atoms with van der Waals surface area (Å²) < 4.78 is 1.74. The summed E-state index contributed by atoms with van der Waals surface area (Å²) in [5, 5.41) is 17.9. The Labute approximate surface area is 94.2 Å². The first-order valence-electron chi connectivity index (χ1n) is 5.05. The normalized spacial score (nSPS) is 9.75. The molecule has 0 bridgehead atoms. The lowest BCUT2D eigenvalue weighted by Crippen LogP contribution is -2.34. The van der Waals surface area contributed by atoms with Gasteiger partial charge in [-0.25, -0.2) is 0 Å². The molecule has 0 atom stereocenters. The number of carbonyl (C=O) groups is 1. The minimum atomic E-state index is -0.164. The van der Waals surface area contributed by atoms with Gasteiger partial charge in [-0.15, -0.1) is 0 Å². The maximum absolute atomic E-state index is 11.1. The highest BCUT2D eigenvalue weighted by molar-refractivity contribution is 5.78. The molecule has 16 heavy (non-hydrogen) atoms. The highest BCUT2D eigenvalue weighted by Gasteiger charge is 2.00. The van der Waals surface area contributed by atoms with E-state index in [1.165, 1.54) is 0 Å². The Hall–Kier alpha value is -1.87. The maximum Gasteiger partial charge on any atom is 0.234 e. The second kappa shape index (κ2) is 6.58. The Morgan fingerprint density at radius 2 is 2.50 bits per heavy atom. The standard InChI is InChI=1S/C10H15N5O/c1-15-7-3-9(14-15)2-5-12-8-10(16)13-6-4-11/h3,7,12H,2,5-6,8H2,1H3,(H,13,16). The van der Waals surface area contributed by atoms with Crippen molar-refractivity contribution < 1.29 is 4.79 Å². The van der Waals surface area contributed by atoms with Crippen molar-refractivity contribution >= 4 is 5.91 Å². The average Bonchev–Trinajstić information content (AvgIpc) is 2.67. The molecule has 86 valence electrons. The molecule has 0 fully saturated rings. The van der Waals surface area contributed by atoms with Crippen LogP contribution in [0.2, 0.25) is 0 Å². The van der Waals surface area contributed by atoms with Crippen molar-refractivity contribution in [1.29, 1.82) is 5.26 Å². The lowest BCUT2D eigenvalue weighted by Gasteiger charge is -2.02. The molecular formula is C10H15N5O. The second-order valence-electron chi connectivity index (χ2n) is 3.34. The molecule has 1 heterocycles. The van der Waals surface area contributed by atoms with Crippen molar-refractivity contribution in [2.24, 2.45) is 7.05 Å². The minimum absolute atomic E-state index is 0.0563. The predicted octanol–water partition coefficient (Wildman–Crippen LogP) is -0.808. The molecular weight excluding hydrogens is 206 g/mol. The van der Waals surface area contributed by atoms with E-state index in [-0.39, 0.29) is 19.0 Å². The zero-order valence-corrected chi connectivity index (χ0v) is 9.23. The molecule has 0 spiro atoms. The van der Waals surface area contributed by atoms with Crippen molar-refractivity contribution in [3.8, 4) is 6.07 Å². The number of nitrogens with one attached hydrogen (secondary N) is 2. The molecule has 1 rings (SSSR count). The van der Waals surface area contributed by atoms with E-state index in [0.717, 1.165) is 12.1 Å². The van der Waals surface area contributed by atoms with Gasteiger partial charge in [0, 0.05) is 26.2 Å². The predicted molar refractivity (Wildman–Crippen MR) is 58.4 cm³/mol. The third kappa shape index (κ3) is 4.57. The highest BCUT2D eigenvalue weighted by atomic mass is 16.1. The van der Waals surface area contributed by atoms with Gasteiger partial charge in [-0.3, -0.25) is 9.48 Å². The number of nitriles is 1. The van der Waals surface area contributed by atoms with E-state index in [0.29, 0.717) is 6.54 Å². The lowest BCUT2D eigenvalue weighted by molar-refractivity contribution is -0.120. The summed E-state index contributed by atoms with van der Waals surface area (Å²) in [7, 11) is 1.87. The first kappa shape index (κ1) is 12.2. The molecule has 1 aromatic heterocycles. The van der Waals surface area contributed by atoms with Crippen LogP contribution in [0.3, 0.4) is 0 Å². The van der Waals surface area contributed by atoms with Crippen LogP contribution in [0.15, 0.2) is 12.3 Å². The van der Waals surface area contributed by atoms with Crippen molar-refractivity contribution in [3.63, 3.8) is 0 Å². The number of aromatic nitrogens is 2. The smallest absolute Gasteiger partial charge is 0.234 e. The van der Waals surface area contributed by atoms with Gasteiger partial charge in [-0.05, 0) is 6.07 Å². The zero-order valence-electron chi connectivity index (χ0n) is 9.23. The molecule has 1 amide bonds. The number of hydrogen-bond donors (Lipinski definition) is 2. The Kier molecular flexibility index (Phi) is 5.02. The summed E-state index contributed by atoms with van der Waals surface area (Å²) in [6.45, 7) is 0.978. The molecule has 0 aliphatic rings. The zero-order chi connectivity index (χ0) is 11.8. The molecule has 0 aliphatic heterocycles. The van der Waals surface area contributed by atoms with Crippen LogP contribution in [0.1, 0.15) is 5.69 Å². The van der Waals surface area contributed by atoms with E-state index >= 15 is 0 Å². The largest absolute Gasteiger partial charge is 0.342 e. The van der Waals surface area contributed by atoms with Crippen molar-refractivity contribution in [2.75, 3.05) is 19.6 Å². The average molecular weight is 221 g/mol. The van der Waals surface area contributed by atoms with Crippen molar-refractivity contribution in [3.05, 3.63) is 18.0 Å². The first-order chi connectivity index (χ1) is 7.72. The Morgan fingerprint density at radius 1 is 1.69 bits per heavy atom. The van der Waals surface area contributed by atoms with Gasteiger partial charge in [-0.2, -0.15) is 10.4 Å². The fourth-order valence-corrected chi connectivity index (χ4v) is 1.22. The topological polar surface area (TPSA) is 82.7 Å². The summed E-state index contributed by atoms with van der Waals surface area (Å²) in [6.07, 6.45) is 2.67. The van der Waals surface area contributed by atoms with Crippen molar-refractivity contribution in [2.45, 2.75) is 6.42 Å². The lowest BCUT2D eigenvalue weighted by atomic mass is 10.3. The van der Waals surface area contributed by atoms with E-state index in [4.69, 9.17) is 5.26 Å². The molecule has 6 nitrogen and oxygen atoms in total. The summed E-state index contributed by atoms with van der Waals surface area (Å²) >= 11 is 0. The van der Waals surface area contributed by atoms with Crippen LogP contribution in [0.5, 0.6) is 0 Å². The molecule has 0 saturated carbocycles. The van der Waals surface area contributed by atoms with Gasteiger partial charge in [0.15, 0.2) is 0 Å². The number of nitrogens with zero attached hydrogens (tertiary/aromatic N) is 3. The van der Waals surface area contributed by atoms with Crippen LogP contribution >= 0.6 is 0 Å². The second-order valence-corrected chi connectivity index (χ2v) is 3.34. The van der Waals surface area contributed by atoms with Crippen molar-refractivity contribution in [1.82, 2.24) is 20.4 Å². The van der Waals surface area contributed by atoms with E-state index in [9.17, 15) is 4.79 Å². The fourth-order valence-electron chi connectivity index (χ4n) is 1.22. The van der Waals surface area contributed by atoms with Crippen LogP contribution in [0.25, 0.3) is 0 Å². The van der Waals surface area contributed by atoms with Crippen LogP contribution in [0, 0.1) is 11.3 Å². The van der Waals surface area contributed by atoms with E-state index in [2.05, 4.69) is 15.7 Å². The van der Waals surface area contributed by atoms with E-state index in [1.54, 1.807) is 4.68 Å². The quantitative estimate of drug-likeness (QED) is 0.486. The van der Waals surface area contributed by atoms with Gasteiger partial charge < -0.3 is 10.6 Å². The molecule has 0 aliphatic carbocycles. The number of carbonyl (C=O) groups excluding carboxylic acids is 1. The van der Waals surface area contributed by atoms with Gasteiger partial charge in [0.2, 0.25) is 5.91 Å². The summed E-state index contributed by atoms with van der Waals surface area (Å²) in [4.78, 5) is 11.1. The summed E-state index contributed by atoms with van der Waals surface area (Å²) in [6, 6.07) is 3.79. The molecule has 0 radical (unpaired) electrons. The number of amides is 1. The molecule has 0 aromatic carbocycles. The monoisotopic (exact) mass is 221 g/mol. The van der Waals surface area contributed by atoms with Crippen LogP contribution in [-0.4, -0.2) is 35.3 Å². The van der Waals surface area contributed by atoms with Gasteiger partial charge in [-0.1, -0.05) is 0 Å². The van der Waals surface area contributed by atoms with Crippen LogP contribution in [0.4, 0.5) is 0 Å². The molecule has 0 unspecified atom stereocenters. The van der Waals surface area contributed by atoms with Gasteiger partial charge in [0.1, 0.15) is 6.54 Å². The Morgan fingerprint density at radius 3 is 3.12 bits per heavy atom. The number of aryl methyl sites for hydroxylation is 1. The highest BCUT2D eigenvalue weighted by Crippen LogP contribution is 1.93. The number of rotatable bonds is 6. The minimum Gasteiger partial charge on any atom is -0.342 e. The Balaban J connectivity index is 2.08. The fraction of sp³-hybridized carbons (Fsp3) is 0.500. The molecule has 0 saturated heterocycles. The third-order valence-electron chi connectivity index (χ3n) is 1.98. The third-order valence-corrected chi connectivity index (χ3v) is 1.98. The van der Waals surface area contributed by atoms with E-state index < -0.39 is 0 Å². The summed E-state index contributed by atoms with van der Waals surface area (Å²) in [5.74, 6) is -0.164. The van der Waals surface area contributed by atoms with E-state index in [1.807, 2.05) is 25.4 Å². The Bertz CT molecular complexity index is 379. The molecule has 6 heteroatoms. The number of hydrogen-bond acceptors (Lipinski definition) is 4. The van der Waals surface area contributed by atoms with Gasteiger partial charge in [0.05, 0.1) is 18.3 Å². The summed E-state index contributed by atoms with van der Waals surface area (Å²) in [5.41, 5.74) is 0.993. The van der Waals surface area contributed by atoms with Gasteiger partial charge >= 0.3 is 0 Å². The van der Waals surface area contributed by atoms with Crippen LogP contribution < -0.4 is 10.6 Å². The molecule has 1 aromatic rings. The van der Waals surface area contributed by atoms with Crippen LogP contribution in [-0.2, 0) is 18.3 Å².